The molecule has 18 heavy (non-hydrogen) atoms. The average molecular weight is 330 g/mol. The summed E-state index contributed by atoms with van der Waals surface area (Å²) < 4.78 is 0.892. The molecule has 0 N–H and O–H groups in total. The molecule has 2 nitrogen and oxygen atoms in total. The quantitative estimate of drug-likeness (QED) is 0.555. The Bertz CT molecular complexity index is 405. The number of thioether (sulfide) groups is 1. The first kappa shape index (κ1) is 15.7. The lowest BCUT2D eigenvalue weighted by atomic mass is 10.2. The fourth-order valence-corrected chi connectivity index (χ4v) is 3.46. The van der Waals surface area contributed by atoms with Gasteiger partial charge in [-0.1, -0.05) is 29.8 Å². The van der Waals surface area contributed by atoms with E-state index in [1.54, 1.807) is 6.92 Å². The first-order valence-electron chi connectivity index (χ1n) is 6.24. The Morgan fingerprint density at radius 1 is 1.33 bits per heavy atom. The highest BCUT2D eigenvalue weighted by atomic mass is 79.9. The topological polar surface area (TPSA) is 20.3 Å². The second kappa shape index (κ2) is 7.97. The summed E-state index contributed by atoms with van der Waals surface area (Å²) in [4.78, 5) is 14.9. The molecule has 0 amide bonds. The highest BCUT2D eigenvalue weighted by Crippen LogP contribution is 2.25. The minimum Gasteiger partial charge on any atom is -0.303 e. The zero-order valence-corrected chi connectivity index (χ0v) is 13.6. The standard InChI is InChI=1S/C14H20BrNOS/c1-4-16(5-2)8-9-18-12-6-7-13(11(3)17)14(15)10-12/h6-7,10H,4-5,8-9H2,1-3H3. The van der Waals surface area contributed by atoms with Crippen LogP contribution in [0.4, 0.5) is 0 Å². The van der Waals surface area contributed by atoms with Gasteiger partial charge in [0.2, 0.25) is 0 Å². The van der Waals surface area contributed by atoms with Crippen LogP contribution in [0.2, 0.25) is 0 Å². The van der Waals surface area contributed by atoms with E-state index in [1.165, 1.54) is 4.90 Å². The van der Waals surface area contributed by atoms with Crippen LogP contribution in [0.5, 0.6) is 0 Å². The van der Waals surface area contributed by atoms with Gasteiger partial charge in [-0.15, -0.1) is 11.8 Å². The van der Waals surface area contributed by atoms with Gasteiger partial charge in [0.25, 0.3) is 0 Å². The molecule has 0 atom stereocenters. The van der Waals surface area contributed by atoms with Crippen LogP contribution < -0.4 is 0 Å². The third kappa shape index (κ3) is 4.75. The molecule has 1 aromatic rings. The van der Waals surface area contributed by atoms with Crippen molar-refractivity contribution in [2.24, 2.45) is 0 Å². The number of hydrogen-bond acceptors (Lipinski definition) is 3. The summed E-state index contributed by atoms with van der Waals surface area (Å²) >= 11 is 5.28. The molecule has 4 heteroatoms. The summed E-state index contributed by atoms with van der Waals surface area (Å²) in [6.07, 6.45) is 0. The van der Waals surface area contributed by atoms with Gasteiger partial charge in [-0.25, -0.2) is 0 Å². The molecule has 0 bridgehead atoms. The number of benzene rings is 1. The van der Waals surface area contributed by atoms with Gasteiger partial charge >= 0.3 is 0 Å². The zero-order valence-electron chi connectivity index (χ0n) is 11.2. The maximum Gasteiger partial charge on any atom is 0.160 e. The van der Waals surface area contributed by atoms with Gasteiger partial charge in [-0.05, 0) is 38.2 Å². The molecule has 0 aliphatic carbocycles. The van der Waals surface area contributed by atoms with E-state index < -0.39 is 0 Å². The maximum absolute atomic E-state index is 11.3. The monoisotopic (exact) mass is 329 g/mol. The lowest BCUT2D eigenvalue weighted by Gasteiger charge is -2.17. The molecule has 0 unspecified atom stereocenters. The van der Waals surface area contributed by atoms with E-state index in [-0.39, 0.29) is 5.78 Å². The molecule has 0 spiro atoms. The zero-order chi connectivity index (χ0) is 13.5. The molecule has 1 rings (SSSR count). The van der Waals surface area contributed by atoms with Crippen LogP contribution in [0, 0.1) is 0 Å². The van der Waals surface area contributed by atoms with Gasteiger partial charge < -0.3 is 4.90 Å². The number of nitrogens with zero attached hydrogens (tertiary/aromatic N) is 1. The fourth-order valence-electron chi connectivity index (χ4n) is 1.70. The summed E-state index contributed by atoms with van der Waals surface area (Å²) in [5.41, 5.74) is 0.753. The summed E-state index contributed by atoms with van der Waals surface area (Å²) in [6.45, 7) is 9.27. The number of Topliss-reactive ketones (excluding diaryl/α,β-unsaturated/α-hetero) is 1. The molecule has 1 aromatic carbocycles. The molecule has 0 fully saturated rings. The fraction of sp³-hybridized carbons (Fsp3) is 0.500. The predicted octanol–water partition coefficient (Wildman–Crippen LogP) is 4.09. The largest absolute Gasteiger partial charge is 0.303 e. The molecule has 0 aromatic heterocycles. The lowest BCUT2D eigenvalue weighted by Crippen LogP contribution is -2.25. The molecule has 100 valence electrons. The van der Waals surface area contributed by atoms with Crippen molar-refractivity contribution in [3.05, 3.63) is 28.2 Å². The van der Waals surface area contributed by atoms with Crippen LogP contribution in [0.1, 0.15) is 31.1 Å². The molecule has 0 aliphatic heterocycles. The normalized spacial score (nSPS) is 10.9. The Labute approximate surface area is 122 Å². The number of hydrogen-bond donors (Lipinski definition) is 0. The minimum absolute atomic E-state index is 0.0987. The molecule has 0 saturated carbocycles. The van der Waals surface area contributed by atoms with E-state index in [9.17, 15) is 4.79 Å². The Kier molecular flexibility index (Phi) is 6.97. The lowest BCUT2D eigenvalue weighted by molar-refractivity contribution is 0.101. The molecular formula is C14H20BrNOS. The Hall–Kier alpha value is -0.320. The van der Waals surface area contributed by atoms with Crippen molar-refractivity contribution in [2.45, 2.75) is 25.7 Å². The van der Waals surface area contributed by atoms with E-state index in [2.05, 4.69) is 34.7 Å². The van der Waals surface area contributed by atoms with Crippen LogP contribution in [0.15, 0.2) is 27.6 Å². The first-order chi connectivity index (χ1) is 8.58. The Morgan fingerprint density at radius 2 is 2.00 bits per heavy atom. The summed E-state index contributed by atoms with van der Waals surface area (Å²) in [6, 6.07) is 5.95. The molecular weight excluding hydrogens is 310 g/mol. The van der Waals surface area contributed by atoms with E-state index in [0.717, 1.165) is 35.4 Å². The SMILES string of the molecule is CCN(CC)CCSc1ccc(C(C)=O)c(Br)c1. The van der Waals surface area contributed by atoms with Gasteiger partial charge in [0.1, 0.15) is 0 Å². The Balaban J connectivity index is 2.53. The predicted molar refractivity (Wildman–Crippen MR) is 82.7 cm³/mol. The van der Waals surface area contributed by atoms with Crippen LogP contribution in [0.25, 0.3) is 0 Å². The third-order valence-corrected chi connectivity index (χ3v) is 4.52. The molecule has 0 saturated heterocycles. The van der Waals surface area contributed by atoms with Crippen LogP contribution in [0.3, 0.4) is 0 Å². The van der Waals surface area contributed by atoms with Crippen molar-refractivity contribution in [1.29, 1.82) is 0 Å². The number of rotatable bonds is 7. The van der Waals surface area contributed by atoms with Crippen molar-refractivity contribution < 1.29 is 4.79 Å². The number of halogens is 1. The van der Waals surface area contributed by atoms with Crippen LogP contribution in [-0.2, 0) is 0 Å². The first-order valence-corrected chi connectivity index (χ1v) is 8.02. The van der Waals surface area contributed by atoms with Gasteiger partial charge in [-0.2, -0.15) is 0 Å². The van der Waals surface area contributed by atoms with Gasteiger partial charge in [-0.3, -0.25) is 4.79 Å². The van der Waals surface area contributed by atoms with Crippen molar-refractivity contribution in [1.82, 2.24) is 4.90 Å². The van der Waals surface area contributed by atoms with Gasteiger partial charge in [0.15, 0.2) is 5.78 Å². The Morgan fingerprint density at radius 3 is 2.50 bits per heavy atom. The maximum atomic E-state index is 11.3. The van der Waals surface area contributed by atoms with Crippen LogP contribution in [-0.4, -0.2) is 36.1 Å². The van der Waals surface area contributed by atoms with Crippen molar-refractivity contribution >= 4 is 33.5 Å². The number of carbonyl (C=O) groups excluding carboxylic acids is 1. The summed E-state index contributed by atoms with van der Waals surface area (Å²) in [5, 5.41) is 0. The van der Waals surface area contributed by atoms with E-state index in [4.69, 9.17) is 0 Å². The number of carbonyl (C=O) groups is 1. The summed E-state index contributed by atoms with van der Waals surface area (Å²) in [7, 11) is 0. The number of ketones is 1. The highest BCUT2D eigenvalue weighted by Gasteiger charge is 2.06. The highest BCUT2D eigenvalue weighted by molar-refractivity contribution is 9.10. The second-order valence-corrected chi connectivity index (χ2v) is 6.10. The van der Waals surface area contributed by atoms with Gasteiger partial charge in [0.05, 0.1) is 0 Å². The second-order valence-electron chi connectivity index (χ2n) is 4.07. The molecule has 0 heterocycles. The smallest absolute Gasteiger partial charge is 0.160 e. The van der Waals surface area contributed by atoms with Gasteiger partial charge in [0, 0.05) is 27.2 Å². The van der Waals surface area contributed by atoms with Crippen molar-refractivity contribution in [2.75, 3.05) is 25.4 Å². The molecule has 0 aliphatic rings. The van der Waals surface area contributed by atoms with Crippen LogP contribution >= 0.6 is 27.7 Å². The van der Waals surface area contributed by atoms with Crippen molar-refractivity contribution in [3.63, 3.8) is 0 Å². The summed E-state index contributed by atoms with van der Waals surface area (Å²) in [5.74, 6) is 1.18. The van der Waals surface area contributed by atoms with E-state index in [0.29, 0.717) is 0 Å². The third-order valence-electron chi connectivity index (χ3n) is 2.89. The minimum atomic E-state index is 0.0987. The van der Waals surface area contributed by atoms with E-state index in [1.807, 2.05) is 30.0 Å². The molecule has 0 radical (unpaired) electrons. The van der Waals surface area contributed by atoms with E-state index >= 15 is 0 Å². The average Bonchev–Trinajstić information content (AvgIpc) is 2.34. The van der Waals surface area contributed by atoms with Crippen molar-refractivity contribution in [3.8, 4) is 0 Å².